The van der Waals surface area contributed by atoms with Crippen LogP contribution in [-0.2, 0) is 27.1 Å². The first-order valence-corrected chi connectivity index (χ1v) is 31.8. The number of hydrogen-bond donors (Lipinski definition) is 0. The van der Waals surface area contributed by atoms with E-state index in [1.807, 2.05) is 0 Å². The van der Waals surface area contributed by atoms with Gasteiger partial charge in [-0.3, -0.25) is 4.90 Å². The minimum absolute atomic E-state index is 0.0121. The summed E-state index contributed by atoms with van der Waals surface area (Å²) in [5, 5.41) is 6.53. The number of furan rings is 2. The maximum atomic E-state index is 7.91. The lowest BCUT2D eigenvalue weighted by molar-refractivity contribution is -0.00527. The average Bonchev–Trinajstić information content (AvgIpc) is 2.06. The van der Waals surface area contributed by atoms with Crippen LogP contribution in [0.25, 0.3) is 77.0 Å². The Kier molecular flexibility index (Phi) is 8.95. The molecule has 0 radical (unpaired) electrons. The van der Waals surface area contributed by atoms with Crippen LogP contribution in [0.4, 0.5) is 17.3 Å². The molecule has 404 valence electrons. The van der Waals surface area contributed by atoms with Crippen molar-refractivity contribution in [3.05, 3.63) is 149 Å². The van der Waals surface area contributed by atoms with Crippen molar-refractivity contribution in [1.82, 2.24) is 4.48 Å². The van der Waals surface area contributed by atoms with Gasteiger partial charge in [-0.15, -0.1) is 0 Å². The summed E-state index contributed by atoms with van der Waals surface area (Å²) >= 11 is 0. The van der Waals surface area contributed by atoms with Crippen molar-refractivity contribution in [2.75, 3.05) is 4.90 Å². The lowest BCUT2D eigenvalue weighted by Crippen LogP contribution is -2.56. The summed E-state index contributed by atoms with van der Waals surface area (Å²) in [7, 11) is 0. The van der Waals surface area contributed by atoms with E-state index in [1.54, 1.807) is 11.1 Å². The van der Waals surface area contributed by atoms with Gasteiger partial charge in [0.15, 0.2) is 5.58 Å². The summed E-state index contributed by atoms with van der Waals surface area (Å²) in [4.78, 5) is 2.57. The van der Waals surface area contributed by atoms with Crippen LogP contribution in [-0.4, -0.2) is 11.3 Å². The highest BCUT2D eigenvalue weighted by molar-refractivity contribution is 6.92. The Morgan fingerprint density at radius 2 is 1.11 bits per heavy atom. The van der Waals surface area contributed by atoms with E-state index in [4.69, 9.17) is 8.83 Å². The van der Waals surface area contributed by atoms with Gasteiger partial charge in [0.25, 0.3) is 0 Å². The van der Waals surface area contributed by atoms with E-state index in [1.165, 1.54) is 165 Å². The van der Waals surface area contributed by atoms with Crippen LogP contribution >= 0.6 is 0 Å². The quantitative estimate of drug-likeness (QED) is 0.165. The molecule has 0 amide bonds. The fourth-order valence-electron chi connectivity index (χ4n) is 21.2. The molecule has 0 atom stereocenters. The minimum Gasteiger partial charge on any atom is -0.454 e. The van der Waals surface area contributed by atoms with Gasteiger partial charge in [-0.25, -0.2) is 0 Å². The van der Waals surface area contributed by atoms with Crippen LogP contribution in [0.5, 0.6) is 0 Å². The van der Waals surface area contributed by atoms with Gasteiger partial charge in [-0.05, 0) is 258 Å². The van der Waals surface area contributed by atoms with Crippen molar-refractivity contribution in [2.45, 2.75) is 165 Å². The highest BCUT2D eigenvalue weighted by atomic mass is 16.4. The number of fused-ring (bicyclic) bond motifs is 14. The summed E-state index contributed by atoms with van der Waals surface area (Å²) in [5.41, 5.74) is 23.6. The molecule has 8 bridgehead atoms. The summed E-state index contributed by atoms with van der Waals surface area (Å²) in [5.74, 6) is 6.13. The Balaban J connectivity index is 0.980. The molecule has 7 aromatic carbocycles. The first-order valence-electron chi connectivity index (χ1n) is 31.8. The van der Waals surface area contributed by atoms with E-state index < -0.39 is 0 Å². The number of rotatable bonds is 4. The van der Waals surface area contributed by atoms with Crippen LogP contribution in [0.3, 0.4) is 0 Å². The Bertz CT molecular complexity index is 4360. The number of aromatic nitrogens is 1. The van der Waals surface area contributed by atoms with Crippen molar-refractivity contribution in [3.63, 3.8) is 0 Å². The molecule has 9 aliphatic carbocycles. The predicted molar refractivity (Wildman–Crippen MR) is 336 cm³/mol. The molecule has 0 N–H and O–H groups in total. The largest absolute Gasteiger partial charge is 0.454 e. The molecular formula is C76H75BN2O2. The maximum Gasteiger partial charge on any atom is 0.337 e. The lowest BCUT2D eigenvalue weighted by Gasteiger charge is -2.57. The standard InChI is InChI=1S/C76H75BN2O2/c1-72(2,3)49-17-19-62(53(29-49)48-13-9-8-10-14-48)78-69-66-55(33-58-52-15-11-12-16-64(52)80-70(58)69)57-32-51(76-39-45-26-46(40-76)28-47(27-45)41-76)31-56-54-30-50(75-36-42-23-43(37-75)25-44(24-42)38-75)18-20-63(54)79(68(56)57)77(66)67-59-34-60-61(35-65(59)81-71(67)78)74(6,7)22-21-73(60,4)5/h8-20,29-35,42-47H,21-28,36-41H2,1-7H3. The summed E-state index contributed by atoms with van der Waals surface area (Å²) in [6.07, 6.45) is 19.2. The van der Waals surface area contributed by atoms with E-state index in [-0.39, 0.29) is 33.9 Å². The minimum atomic E-state index is -0.185. The monoisotopic (exact) mass is 1060 g/mol. The molecule has 8 saturated carbocycles. The van der Waals surface area contributed by atoms with Gasteiger partial charge >= 0.3 is 6.85 Å². The third-order valence-electron chi connectivity index (χ3n) is 24.3. The van der Waals surface area contributed by atoms with Gasteiger partial charge in [0.2, 0.25) is 5.88 Å². The van der Waals surface area contributed by atoms with E-state index in [0.29, 0.717) is 0 Å². The van der Waals surface area contributed by atoms with E-state index >= 15 is 0 Å². The number of benzene rings is 7. The van der Waals surface area contributed by atoms with Crippen LogP contribution < -0.4 is 15.8 Å². The third-order valence-corrected chi connectivity index (χ3v) is 24.3. The molecule has 81 heavy (non-hydrogen) atoms. The Labute approximate surface area is 477 Å². The smallest absolute Gasteiger partial charge is 0.337 e. The number of para-hydroxylation sites is 1. The van der Waals surface area contributed by atoms with Gasteiger partial charge in [-0.2, -0.15) is 0 Å². The second-order valence-corrected chi connectivity index (χ2v) is 31.1. The first-order chi connectivity index (χ1) is 39.1. The summed E-state index contributed by atoms with van der Waals surface area (Å²) in [6.45, 7) is 16.8. The highest BCUT2D eigenvalue weighted by Crippen LogP contribution is 2.64. The third kappa shape index (κ3) is 6.24. The molecule has 4 nitrogen and oxygen atoms in total. The SMILES string of the molecule is CC(C)(C)c1ccc(N2c3oc4cc5c(cc4c3B3c4c(cc6c(oc7ccccc76)c42)-c2cc(C46CC7CC(CC(C7)C4)C6)cc4c6cc(C78CC9CC(CC(C9)C7)C8)ccc6n3c24)C(C)(C)CCC5(C)C)c(-c2ccccc2)c1. The topological polar surface area (TPSA) is 34.5 Å². The van der Waals surface area contributed by atoms with E-state index in [0.717, 1.165) is 82.4 Å². The van der Waals surface area contributed by atoms with Crippen LogP contribution in [0.1, 0.15) is 166 Å². The normalized spacial score (nSPS) is 28.7. The second kappa shape index (κ2) is 15.4. The molecule has 8 fully saturated rings. The van der Waals surface area contributed by atoms with Crippen LogP contribution in [0.2, 0.25) is 0 Å². The average molecular weight is 1060 g/mol. The Morgan fingerprint density at radius 1 is 0.494 bits per heavy atom. The van der Waals surface area contributed by atoms with Gasteiger partial charge in [-0.1, -0.05) is 109 Å². The van der Waals surface area contributed by atoms with Crippen LogP contribution in [0.15, 0.2) is 130 Å². The fraction of sp³-hybridized carbons (Fsp3) is 0.421. The number of nitrogens with zero attached hydrogens (tertiary/aromatic N) is 2. The number of anilines is 3. The van der Waals surface area contributed by atoms with E-state index in [9.17, 15) is 0 Å². The summed E-state index contributed by atoms with van der Waals surface area (Å²) in [6, 6.07) is 48.6. The molecule has 11 aliphatic rings. The molecule has 0 spiro atoms. The second-order valence-electron chi connectivity index (χ2n) is 31.1. The van der Waals surface area contributed by atoms with Gasteiger partial charge in [0.05, 0.1) is 11.4 Å². The Morgan fingerprint density at radius 3 is 1.78 bits per heavy atom. The Hall–Kier alpha value is -6.46. The lowest BCUT2D eigenvalue weighted by atomic mass is 9.44. The molecule has 21 rings (SSSR count). The first kappa shape index (κ1) is 47.1. The van der Waals surface area contributed by atoms with Crippen molar-refractivity contribution in [3.8, 4) is 22.3 Å². The molecule has 3 aromatic heterocycles. The molecule has 0 unspecified atom stereocenters. The maximum absolute atomic E-state index is 7.91. The predicted octanol–water partition coefficient (Wildman–Crippen LogP) is 19.1. The molecule has 2 aliphatic heterocycles. The number of hydrogen-bond acceptors (Lipinski definition) is 3. The molecule has 10 aromatic rings. The molecular weight excluding hydrogens is 984 g/mol. The highest BCUT2D eigenvalue weighted by Gasteiger charge is 2.55. The van der Waals surface area contributed by atoms with Crippen molar-refractivity contribution in [2.24, 2.45) is 35.5 Å². The molecule has 5 heteroatoms. The zero-order valence-corrected chi connectivity index (χ0v) is 48.7. The summed E-state index contributed by atoms with van der Waals surface area (Å²) < 4.78 is 18.3. The van der Waals surface area contributed by atoms with Crippen molar-refractivity contribution >= 4 is 89.7 Å². The fourth-order valence-corrected chi connectivity index (χ4v) is 21.2. The van der Waals surface area contributed by atoms with Crippen molar-refractivity contribution < 1.29 is 8.83 Å². The van der Waals surface area contributed by atoms with Crippen molar-refractivity contribution in [1.29, 1.82) is 0 Å². The van der Waals surface area contributed by atoms with Gasteiger partial charge in [0.1, 0.15) is 11.2 Å². The van der Waals surface area contributed by atoms with Gasteiger partial charge < -0.3 is 13.3 Å². The van der Waals surface area contributed by atoms with Gasteiger partial charge in [0, 0.05) is 54.6 Å². The zero-order chi connectivity index (χ0) is 54.0. The van der Waals surface area contributed by atoms with Crippen LogP contribution in [0, 0.1) is 35.5 Å². The van der Waals surface area contributed by atoms with E-state index in [2.05, 4.69) is 179 Å². The molecule has 5 heterocycles. The molecule has 0 saturated heterocycles. The zero-order valence-electron chi connectivity index (χ0n) is 48.7.